The van der Waals surface area contributed by atoms with Crippen molar-refractivity contribution in [2.75, 3.05) is 75.6 Å². The molecular weight excluding hydrogens is 568 g/mol. The number of piperidine rings is 1. The highest BCUT2D eigenvalue weighted by Crippen LogP contribution is 2.44. The van der Waals surface area contributed by atoms with E-state index in [1.54, 1.807) is 31.3 Å². The van der Waals surface area contributed by atoms with Crippen LogP contribution in [0, 0.1) is 0 Å². The number of carbonyl (C=O) groups is 2. The second-order valence-corrected chi connectivity index (χ2v) is 12.6. The number of nitrogens with one attached hydrogen (secondary N) is 1. The lowest BCUT2D eigenvalue weighted by molar-refractivity contribution is 0.0518. The number of fused-ring (bicyclic) bond motifs is 2. The van der Waals surface area contributed by atoms with Gasteiger partial charge in [0.25, 0.3) is 11.8 Å². The van der Waals surface area contributed by atoms with Crippen LogP contribution in [0.2, 0.25) is 0 Å². The van der Waals surface area contributed by atoms with Crippen LogP contribution in [0.1, 0.15) is 52.8 Å². The highest BCUT2D eigenvalue weighted by atomic mass is 16.5. The summed E-state index contributed by atoms with van der Waals surface area (Å²) in [5, 5.41) is 3.32. The number of aromatic nitrogens is 2. The first-order valence-corrected chi connectivity index (χ1v) is 16.1. The Bertz CT molecular complexity index is 1580. The summed E-state index contributed by atoms with van der Waals surface area (Å²) in [6.45, 7) is 5.96. The minimum atomic E-state index is -0.0801. The second-order valence-electron chi connectivity index (χ2n) is 12.6. The Morgan fingerprint density at radius 2 is 1.67 bits per heavy atom. The normalized spacial score (nSPS) is 19.9. The van der Waals surface area contributed by atoms with E-state index >= 15 is 0 Å². The standard InChI is InChI=1S/C34H42N8O3/c1-38-17-19-40(20-18-38)24-13-15-41(16-14-24)32(43)23-11-12-27(30(21-23)45-3)36-34-35-22-29-31(37-34)42(25-7-6-8-25)28-10-5-4-9-26(28)33(44)39(29)2/h4-5,9-12,21-22,24-25H,6-8,13-20H2,1-3H3,(H,35,36,37). The van der Waals surface area contributed by atoms with Gasteiger partial charge >= 0.3 is 0 Å². The van der Waals surface area contributed by atoms with Gasteiger partial charge in [-0.1, -0.05) is 12.1 Å². The molecule has 2 amide bonds. The van der Waals surface area contributed by atoms with E-state index in [0.29, 0.717) is 46.1 Å². The van der Waals surface area contributed by atoms with E-state index in [9.17, 15) is 9.59 Å². The lowest BCUT2D eigenvalue weighted by Gasteiger charge is -2.42. The van der Waals surface area contributed by atoms with Crippen molar-refractivity contribution in [3.8, 4) is 5.75 Å². The Morgan fingerprint density at radius 3 is 2.38 bits per heavy atom. The van der Waals surface area contributed by atoms with Gasteiger partial charge in [-0.05, 0) is 69.5 Å². The van der Waals surface area contributed by atoms with Crippen LogP contribution in [0.4, 0.5) is 28.8 Å². The van der Waals surface area contributed by atoms with E-state index in [-0.39, 0.29) is 17.9 Å². The smallest absolute Gasteiger partial charge is 0.260 e. The molecule has 3 aliphatic heterocycles. The Hall–Kier alpha value is -4.22. The zero-order valence-electron chi connectivity index (χ0n) is 26.4. The largest absolute Gasteiger partial charge is 0.495 e. The minimum absolute atomic E-state index is 0.0282. The van der Waals surface area contributed by atoms with Gasteiger partial charge in [0.1, 0.15) is 11.4 Å². The molecule has 1 aromatic heterocycles. The van der Waals surface area contributed by atoms with Crippen molar-refractivity contribution in [2.24, 2.45) is 0 Å². The molecule has 11 nitrogen and oxygen atoms in total. The number of rotatable bonds is 6. The quantitative estimate of drug-likeness (QED) is 0.437. The summed E-state index contributed by atoms with van der Waals surface area (Å²) in [5.41, 5.74) is 3.46. The van der Waals surface area contributed by atoms with E-state index in [0.717, 1.165) is 77.1 Å². The summed E-state index contributed by atoms with van der Waals surface area (Å²) < 4.78 is 5.73. The molecule has 45 heavy (non-hydrogen) atoms. The van der Waals surface area contributed by atoms with Gasteiger partial charge in [-0.15, -0.1) is 0 Å². The molecule has 4 aliphatic rings. The Morgan fingerprint density at radius 1 is 0.911 bits per heavy atom. The Labute approximate surface area is 264 Å². The maximum absolute atomic E-state index is 13.5. The molecule has 0 atom stereocenters. The molecule has 0 spiro atoms. The maximum atomic E-state index is 13.5. The number of hydrogen-bond acceptors (Lipinski definition) is 9. The number of anilines is 5. The van der Waals surface area contributed by atoms with Crippen LogP contribution in [-0.4, -0.2) is 109 Å². The SMILES string of the molecule is COc1cc(C(=O)N2CCC(N3CCN(C)CC3)CC2)ccc1Nc1ncc2c(n1)N(C1CCC1)c1ccccc1C(=O)N2C. The predicted octanol–water partition coefficient (Wildman–Crippen LogP) is 4.36. The van der Waals surface area contributed by atoms with Gasteiger partial charge in [-0.3, -0.25) is 14.5 Å². The average Bonchev–Trinajstić information content (AvgIpc) is 3.13. The fourth-order valence-corrected chi connectivity index (χ4v) is 6.98. The van der Waals surface area contributed by atoms with Crippen LogP contribution < -0.4 is 19.9 Å². The molecule has 2 aromatic carbocycles. The van der Waals surface area contributed by atoms with Crippen molar-refractivity contribution in [3.63, 3.8) is 0 Å². The number of likely N-dealkylation sites (N-methyl/N-ethyl adjacent to an activating group) is 1. The van der Waals surface area contributed by atoms with Gasteiger partial charge in [0, 0.05) is 64.0 Å². The summed E-state index contributed by atoms with van der Waals surface area (Å²) in [4.78, 5) is 47.3. The first-order chi connectivity index (χ1) is 21.9. The molecular formula is C34H42N8O3. The van der Waals surface area contributed by atoms with Crippen molar-refractivity contribution < 1.29 is 14.3 Å². The van der Waals surface area contributed by atoms with Crippen molar-refractivity contribution >= 4 is 40.6 Å². The van der Waals surface area contributed by atoms with Gasteiger partial charge in [0.05, 0.1) is 30.2 Å². The first-order valence-electron chi connectivity index (χ1n) is 16.1. The number of carbonyl (C=O) groups excluding carboxylic acids is 2. The average molecular weight is 611 g/mol. The van der Waals surface area contributed by atoms with E-state index < -0.39 is 0 Å². The molecule has 11 heteroatoms. The Kier molecular flexibility index (Phi) is 8.05. The van der Waals surface area contributed by atoms with Gasteiger partial charge in [0.2, 0.25) is 5.95 Å². The lowest BCUT2D eigenvalue weighted by Crippen LogP contribution is -2.52. The van der Waals surface area contributed by atoms with E-state index in [2.05, 4.69) is 32.0 Å². The summed E-state index contributed by atoms with van der Waals surface area (Å²) >= 11 is 0. The third kappa shape index (κ3) is 5.59. The number of para-hydroxylation sites is 1. The fraction of sp³-hybridized carbons (Fsp3) is 0.471. The molecule has 4 heterocycles. The van der Waals surface area contributed by atoms with Crippen LogP contribution in [0.25, 0.3) is 0 Å². The maximum Gasteiger partial charge on any atom is 0.260 e. The predicted molar refractivity (Wildman–Crippen MR) is 175 cm³/mol. The number of likely N-dealkylation sites (tertiary alicyclic amines) is 1. The zero-order chi connectivity index (χ0) is 31.1. The molecule has 2 saturated heterocycles. The van der Waals surface area contributed by atoms with Crippen LogP contribution >= 0.6 is 0 Å². The zero-order valence-corrected chi connectivity index (χ0v) is 26.4. The van der Waals surface area contributed by atoms with Gasteiger partial charge in [-0.2, -0.15) is 4.98 Å². The van der Waals surface area contributed by atoms with Crippen molar-refractivity contribution in [1.29, 1.82) is 0 Å². The molecule has 0 radical (unpaired) electrons. The van der Waals surface area contributed by atoms with Crippen molar-refractivity contribution in [3.05, 3.63) is 59.8 Å². The molecule has 1 aliphatic carbocycles. The summed E-state index contributed by atoms with van der Waals surface area (Å²) in [5.74, 6) is 1.58. The van der Waals surface area contributed by atoms with Crippen LogP contribution in [0.3, 0.4) is 0 Å². The molecule has 1 saturated carbocycles. The monoisotopic (exact) mass is 610 g/mol. The third-order valence-corrected chi connectivity index (χ3v) is 9.98. The molecule has 0 unspecified atom stereocenters. The molecule has 236 valence electrons. The highest BCUT2D eigenvalue weighted by Gasteiger charge is 2.36. The van der Waals surface area contributed by atoms with Crippen LogP contribution in [0.15, 0.2) is 48.7 Å². The van der Waals surface area contributed by atoms with Crippen LogP contribution in [0.5, 0.6) is 5.75 Å². The number of nitrogens with zero attached hydrogens (tertiary/aromatic N) is 7. The van der Waals surface area contributed by atoms with E-state index in [1.807, 2.05) is 41.3 Å². The third-order valence-electron chi connectivity index (χ3n) is 9.98. The number of piperazine rings is 1. The molecule has 7 rings (SSSR count). The van der Waals surface area contributed by atoms with Crippen molar-refractivity contribution in [2.45, 2.75) is 44.2 Å². The van der Waals surface area contributed by atoms with E-state index in [1.165, 1.54) is 0 Å². The number of methoxy groups -OCH3 is 1. The lowest BCUT2D eigenvalue weighted by atomic mass is 9.90. The van der Waals surface area contributed by atoms with Crippen molar-refractivity contribution in [1.82, 2.24) is 24.7 Å². The molecule has 1 N–H and O–H groups in total. The summed E-state index contributed by atoms with van der Waals surface area (Å²) in [6.07, 6.45) is 6.94. The highest BCUT2D eigenvalue weighted by molar-refractivity contribution is 6.13. The molecule has 3 aromatic rings. The first kappa shape index (κ1) is 29.5. The minimum Gasteiger partial charge on any atom is -0.495 e. The number of benzene rings is 2. The van der Waals surface area contributed by atoms with Gasteiger partial charge in [0.15, 0.2) is 5.82 Å². The summed E-state index contributed by atoms with van der Waals surface area (Å²) in [6, 6.07) is 14.0. The summed E-state index contributed by atoms with van der Waals surface area (Å²) in [7, 11) is 5.55. The van der Waals surface area contributed by atoms with Crippen LogP contribution in [-0.2, 0) is 0 Å². The van der Waals surface area contributed by atoms with Gasteiger partial charge in [-0.25, -0.2) is 4.98 Å². The second kappa shape index (κ2) is 12.3. The van der Waals surface area contributed by atoms with Gasteiger partial charge < -0.3 is 29.7 Å². The molecule has 3 fully saturated rings. The Balaban J connectivity index is 1.09. The number of amides is 2. The number of hydrogen-bond donors (Lipinski definition) is 1. The molecule has 0 bridgehead atoms. The van der Waals surface area contributed by atoms with E-state index in [4.69, 9.17) is 9.72 Å². The fourth-order valence-electron chi connectivity index (χ4n) is 6.98. The number of ether oxygens (including phenoxy) is 1. The topological polar surface area (TPSA) is 97.4 Å².